The minimum Gasteiger partial charge on any atom is -0.450 e. The lowest BCUT2D eigenvalue weighted by Gasteiger charge is -2.39. The van der Waals surface area contributed by atoms with Gasteiger partial charge in [-0.15, -0.1) is 0 Å². The molecule has 1 unspecified atom stereocenters. The number of rotatable bonds is 2. The van der Waals surface area contributed by atoms with Gasteiger partial charge in [0.05, 0.1) is 6.61 Å². The molecule has 148 valence electrons. The van der Waals surface area contributed by atoms with E-state index in [9.17, 15) is 9.18 Å². The van der Waals surface area contributed by atoms with Crippen molar-refractivity contribution in [3.05, 3.63) is 58.4 Å². The van der Waals surface area contributed by atoms with Crippen LogP contribution in [0.5, 0.6) is 0 Å². The van der Waals surface area contributed by atoms with Crippen molar-refractivity contribution in [1.29, 1.82) is 0 Å². The van der Waals surface area contributed by atoms with E-state index in [1.54, 1.807) is 22.7 Å². The molecule has 1 amide bonds. The predicted molar refractivity (Wildman–Crippen MR) is 109 cm³/mol. The summed E-state index contributed by atoms with van der Waals surface area (Å²) in [7, 11) is 0. The molecular weight excluding hydrogens is 399 g/mol. The summed E-state index contributed by atoms with van der Waals surface area (Å²) in [5.74, 6) is -0.224. The van der Waals surface area contributed by atoms with E-state index in [4.69, 9.17) is 16.3 Å². The second-order valence-corrected chi connectivity index (χ2v) is 8.50. The van der Waals surface area contributed by atoms with E-state index in [0.29, 0.717) is 24.7 Å². The average molecular weight is 421 g/mol. The van der Waals surface area contributed by atoms with Crippen molar-refractivity contribution < 1.29 is 13.9 Å². The van der Waals surface area contributed by atoms with Gasteiger partial charge in [0.1, 0.15) is 5.82 Å². The number of halogens is 2. The summed E-state index contributed by atoms with van der Waals surface area (Å²) in [6, 6.07) is 11.0. The first-order valence-electron chi connectivity index (χ1n) is 9.46. The average Bonchev–Trinajstić information content (AvgIpc) is 2.84. The van der Waals surface area contributed by atoms with Gasteiger partial charge < -0.3 is 9.64 Å². The molecule has 0 N–H and O–H groups in total. The third-order valence-electron chi connectivity index (χ3n) is 5.27. The highest BCUT2D eigenvalue weighted by atomic mass is 35.5. The molecule has 0 saturated carbocycles. The summed E-state index contributed by atoms with van der Waals surface area (Å²) < 4.78 is 19.2. The number of benzene rings is 2. The van der Waals surface area contributed by atoms with Crippen LogP contribution < -0.4 is 0 Å². The second kappa shape index (κ2) is 8.31. The van der Waals surface area contributed by atoms with Crippen LogP contribution in [-0.4, -0.2) is 48.7 Å². The van der Waals surface area contributed by atoms with Crippen LogP contribution in [0.15, 0.2) is 46.2 Å². The van der Waals surface area contributed by atoms with Crippen LogP contribution in [0, 0.1) is 5.82 Å². The van der Waals surface area contributed by atoms with Crippen molar-refractivity contribution in [2.24, 2.45) is 0 Å². The standard InChI is InChI=1S/C21H22ClFN2O2S/c1-2-27-21(26)25-9-7-24(8-10-25)18-11-14-3-4-15(22)12-20(14)28-19-6-5-16(23)13-17(18)19/h3-6,12-13,18H,2,7-11H2,1H3. The molecule has 1 atom stereocenters. The highest BCUT2D eigenvalue weighted by molar-refractivity contribution is 7.99. The molecule has 2 aromatic carbocycles. The summed E-state index contributed by atoms with van der Waals surface area (Å²) >= 11 is 7.85. The topological polar surface area (TPSA) is 32.8 Å². The smallest absolute Gasteiger partial charge is 0.409 e. The molecule has 28 heavy (non-hydrogen) atoms. The van der Waals surface area contributed by atoms with Gasteiger partial charge in [0.2, 0.25) is 0 Å². The van der Waals surface area contributed by atoms with Crippen LogP contribution in [0.1, 0.15) is 24.1 Å². The Morgan fingerprint density at radius 3 is 2.71 bits per heavy atom. The highest BCUT2D eigenvalue weighted by Crippen LogP contribution is 2.44. The molecule has 0 spiro atoms. The second-order valence-electron chi connectivity index (χ2n) is 6.98. The molecule has 0 aromatic heterocycles. The minimum atomic E-state index is -0.259. The number of nitrogens with zero attached hydrogens (tertiary/aromatic N) is 2. The number of piperazine rings is 1. The number of ether oxygens (including phenoxy) is 1. The van der Waals surface area contributed by atoms with E-state index in [0.717, 1.165) is 34.9 Å². The van der Waals surface area contributed by atoms with E-state index in [1.165, 1.54) is 11.6 Å². The fourth-order valence-corrected chi connectivity index (χ4v) is 5.25. The van der Waals surface area contributed by atoms with Crippen molar-refractivity contribution in [3.8, 4) is 0 Å². The van der Waals surface area contributed by atoms with Crippen molar-refractivity contribution in [2.45, 2.75) is 29.2 Å². The SMILES string of the molecule is CCOC(=O)N1CCN(C2Cc3ccc(Cl)cc3Sc3ccc(F)cc32)CC1. The minimum absolute atomic E-state index is 0.0602. The number of carbonyl (C=O) groups excluding carboxylic acids is 1. The summed E-state index contributed by atoms with van der Waals surface area (Å²) in [4.78, 5) is 18.3. The number of hydrogen-bond acceptors (Lipinski definition) is 4. The van der Waals surface area contributed by atoms with Crippen molar-refractivity contribution in [1.82, 2.24) is 9.80 Å². The fraction of sp³-hybridized carbons (Fsp3) is 0.381. The maximum absolute atomic E-state index is 14.1. The number of fused-ring (bicyclic) bond motifs is 2. The van der Waals surface area contributed by atoms with E-state index >= 15 is 0 Å². The van der Waals surface area contributed by atoms with E-state index < -0.39 is 0 Å². The Balaban J connectivity index is 1.62. The summed E-state index contributed by atoms with van der Waals surface area (Å²) in [5, 5.41) is 0.705. The van der Waals surface area contributed by atoms with Crippen molar-refractivity contribution in [2.75, 3.05) is 32.8 Å². The Hall–Kier alpha value is -1.76. The molecule has 7 heteroatoms. The van der Waals surface area contributed by atoms with Gasteiger partial charge in [0, 0.05) is 47.0 Å². The van der Waals surface area contributed by atoms with Crippen LogP contribution in [-0.2, 0) is 11.2 Å². The predicted octanol–water partition coefficient (Wildman–Crippen LogP) is 5.00. The summed E-state index contributed by atoms with van der Waals surface area (Å²) in [5.41, 5.74) is 2.21. The Labute approximate surface area is 173 Å². The molecule has 0 radical (unpaired) electrons. The molecule has 2 aliphatic rings. The molecular formula is C21H22ClFN2O2S. The Bertz CT molecular complexity index is 887. The quantitative estimate of drug-likeness (QED) is 0.684. The van der Waals surface area contributed by atoms with Crippen LogP contribution in [0.3, 0.4) is 0 Å². The van der Waals surface area contributed by atoms with Crippen LogP contribution in [0.2, 0.25) is 5.02 Å². The van der Waals surface area contributed by atoms with Crippen molar-refractivity contribution >= 4 is 29.5 Å². The maximum atomic E-state index is 14.1. The molecule has 2 aliphatic heterocycles. The van der Waals surface area contributed by atoms with Gasteiger partial charge in [-0.3, -0.25) is 4.90 Å². The largest absolute Gasteiger partial charge is 0.450 e. The van der Waals surface area contributed by atoms with Gasteiger partial charge in [-0.1, -0.05) is 29.4 Å². The molecule has 0 bridgehead atoms. The fourth-order valence-electron chi connectivity index (χ4n) is 3.86. The molecule has 1 saturated heterocycles. The molecule has 4 nitrogen and oxygen atoms in total. The first-order valence-corrected chi connectivity index (χ1v) is 10.7. The van der Waals surface area contributed by atoms with Crippen LogP contribution in [0.4, 0.5) is 9.18 Å². The van der Waals surface area contributed by atoms with Crippen LogP contribution >= 0.6 is 23.4 Å². The molecule has 2 aromatic rings. The van der Waals surface area contributed by atoms with Gasteiger partial charge in [-0.2, -0.15) is 0 Å². The van der Waals surface area contributed by atoms with Crippen LogP contribution in [0.25, 0.3) is 0 Å². The summed E-state index contributed by atoms with van der Waals surface area (Å²) in [6.45, 7) is 4.87. The zero-order valence-electron chi connectivity index (χ0n) is 15.7. The molecule has 1 fully saturated rings. The van der Waals surface area contributed by atoms with Gasteiger partial charge in [0.15, 0.2) is 0 Å². The maximum Gasteiger partial charge on any atom is 0.409 e. The van der Waals surface area contributed by atoms with Crippen molar-refractivity contribution in [3.63, 3.8) is 0 Å². The monoisotopic (exact) mass is 420 g/mol. The van der Waals surface area contributed by atoms with Gasteiger partial charge in [-0.25, -0.2) is 9.18 Å². The summed E-state index contributed by atoms with van der Waals surface area (Å²) in [6.07, 6.45) is 0.528. The third kappa shape index (κ3) is 4.00. The lowest BCUT2D eigenvalue weighted by atomic mass is 9.96. The number of carbonyl (C=O) groups is 1. The van der Waals surface area contributed by atoms with Gasteiger partial charge in [-0.05, 0) is 54.8 Å². The molecule has 0 aliphatic carbocycles. The van der Waals surface area contributed by atoms with E-state index in [1.807, 2.05) is 25.1 Å². The van der Waals surface area contributed by atoms with Gasteiger partial charge >= 0.3 is 6.09 Å². The van der Waals surface area contributed by atoms with E-state index in [2.05, 4.69) is 11.0 Å². The van der Waals surface area contributed by atoms with E-state index in [-0.39, 0.29) is 18.0 Å². The normalized spacial score (nSPS) is 19.5. The lowest BCUT2D eigenvalue weighted by Crippen LogP contribution is -2.50. The molecule has 4 rings (SSSR count). The zero-order chi connectivity index (χ0) is 19.7. The lowest BCUT2D eigenvalue weighted by molar-refractivity contribution is 0.0652. The van der Waals surface area contributed by atoms with Gasteiger partial charge in [0.25, 0.3) is 0 Å². The number of hydrogen-bond donors (Lipinski definition) is 0. The first-order chi connectivity index (χ1) is 13.5. The Morgan fingerprint density at radius 2 is 1.96 bits per heavy atom. The zero-order valence-corrected chi connectivity index (χ0v) is 17.2. The Morgan fingerprint density at radius 1 is 1.18 bits per heavy atom. The third-order valence-corrected chi connectivity index (χ3v) is 6.70. The highest BCUT2D eigenvalue weighted by Gasteiger charge is 2.31. The molecule has 2 heterocycles. The number of amides is 1. The Kier molecular flexibility index (Phi) is 5.80. The first kappa shape index (κ1) is 19.6.